The minimum Gasteiger partial charge on any atom is -0.366 e. The summed E-state index contributed by atoms with van der Waals surface area (Å²) in [4.78, 5) is 12.5. The lowest BCUT2D eigenvalue weighted by Gasteiger charge is -2.27. The monoisotopic (exact) mass is 244 g/mol. The van der Waals surface area contributed by atoms with Gasteiger partial charge in [0, 0.05) is 20.1 Å². The fourth-order valence-corrected chi connectivity index (χ4v) is 1.27. The Balaban J connectivity index is 0.00000196. The average molecular weight is 245 g/mol. The van der Waals surface area contributed by atoms with Gasteiger partial charge in [0.25, 0.3) is 12.3 Å². The van der Waals surface area contributed by atoms with Crippen molar-refractivity contribution >= 4 is 18.3 Å². The van der Waals surface area contributed by atoms with Crippen molar-refractivity contribution in [1.29, 1.82) is 0 Å². The summed E-state index contributed by atoms with van der Waals surface area (Å²) in [5, 5.41) is 2.96. The molecule has 1 atom stereocenters. The van der Waals surface area contributed by atoms with Gasteiger partial charge in [0.2, 0.25) is 0 Å². The van der Waals surface area contributed by atoms with Crippen LogP contribution in [0.25, 0.3) is 0 Å². The Bertz CT molecular complexity index is 201. The van der Waals surface area contributed by atoms with Crippen LogP contribution in [0.3, 0.4) is 0 Å². The zero-order chi connectivity index (χ0) is 10.6. The number of carbonyl (C=O) groups excluding carboxylic acids is 1. The SMILES string of the molecule is CN(CC(F)F)C(=O)[C@@H]1CNCCO1.Cl. The van der Waals surface area contributed by atoms with Gasteiger partial charge < -0.3 is 15.0 Å². The lowest BCUT2D eigenvalue weighted by atomic mass is 10.2. The summed E-state index contributed by atoms with van der Waals surface area (Å²) in [6, 6.07) is 0. The summed E-state index contributed by atoms with van der Waals surface area (Å²) in [6.07, 6.45) is -3.12. The summed E-state index contributed by atoms with van der Waals surface area (Å²) >= 11 is 0. The van der Waals surface area contributed by atoms with E-state index in [0.717, 1.165) is 4.90 Å². The highest BCUT2D eigenvalue weighted by atomic mass is 35.5. The van der Waals surface area contributed by atoms with Gasteiger partial charge in [-0.1, -0.05) is 0 Å². The summed E-state index contributed by atoms with van der Waals surface area (Å²) < 4.78 is 29.1. The van der Waals surface area contributed by atoms with Crippen LogP contribution in [-0.2, 0) is 9.53 Å². The molecule has 0 aromatic carbocycles. The van der Waals surface area contributed by atoms with Crippen molar-refractivity contribution in [3.63, 3.8) is 0 Å². The maximum Gasteiger partial charge on any atom is 0.255 e. The molecule has 1 rings (SSSR count). The van der Waals surface area contributed by atoms with Crippen molar-refractivity contribution in [2.24, 2.45) is 0 Å². The first kappa shape index (κ1) is 14.5. The third kappa shape index (κ3) is 4.72. The summed E-state index contributed by atoms with van der Waals surface area (Å²) in [5.41, 5.74) is 0. The second-order valence-electron chi connectivity index (χ2n) is 3.17. The van der Waals surface area contributed by atoms with Gasteiger partial charge in [-0.3, -0.25) is 4.79 Å². The Morgan fingerprint density at radius 3 is 2.80 bits per heavy atom. The van der Waals surface area contributed by atoms with Gasteiger partial charge in [-0.05, 0) is 0 Å². The first-order valence-corrected chi connectivity index (χ1v) is 4.46. The quantitative estimate of drug-likeness (QED) is 0.767. The molecule has 1 fully saturated rings. The normalized spacial score (nSPS) is 20.9. The molecule has 1 amide bonds. The van der Waals surface area contributed by atoms with Crippen LogP contribution in [0.2, 0.25) is 0 Å². The highest BCUT2D eigenvalue weighted by Crippen LogP contribution is 2.03. The molecule has 0 unspecified atom stereocenters. The molecule has 0 saturated carbocycles. The molecule has 1 saturated heterocycles. The number of ether oxygens (including phenoxy) is 1. The van der Waals surface area contributed by atoms with Crippen LogP contribution < -0.4 is 5.32 Å². The molecule has 0 radical (unpaired) electrons. The van der Waals surface area contributed by atoms with Gasteiger partial charge in [0.05, 0.1) is 13.2 Å². The van der Waals surface area contributed by atoms with Crippen LogP contribution >= 0.6 is 12.4 Å². The number of hydrogen-bond donors (Lipinski definition) is 1. The number of amides is 1. The van der Waals surface area contributed by atoms with Gasteiger partial charge in [-0.15, -0.1) is 12.4 Å². The minimum atomic E-state index is -2.50. The fraction of sp³-hybridized carbons (Fsp3) is 0.875. The standard InChI is InChI=1S/C8H14F2N2O2.ClH/c1-12(5-7(9)10)8(13)6-4-11-2-3-14-6;/h6-7,11H,2-5H2,1H3;1H/t6-;/m0./s1. The average Bonchev–Trinajstić information content (AvgIpc) is 2.17. The Labute approximate surface area is 93.4 Å². The lowest BCUT2D eigenvalue weighted by molar-refractivity contribution is -0.145. The van der Waals surface area contributed by atoms with E-state index >= 15 is 0 Å². The molecule has 15 heavy (non-hydrogen) atoms. The number of hydrogen-bond acceptors (Lipinski definition) is 3. The smallest absolute Gasteiger partial charge is 0.255 e. The molecule has 0 aromatic rings. The van der Waals surface area contributed by atoms with E-state index in [2.05, 4.69) is 5.32 Å². The molecule has 90 valence electrons. The fourth-order valence-electron chi connectivity index (χ4n) is 1.27. The number of alkyl halides is 2. The van der Waals surface area contributed by atoms with Gasteiger partial charge in [-0.2, -0.15) is 0 Å². The largest absolute Gasteiger partial charge is 0.366 e. The van der Waals surface area contributed by atoms with Crippen molar-refractivity contribution in [1.82, 2.24) is 10.2 Å². The topological polar surface area (TPSA) is 41.6 Å². The third-order valence-corrected chi connectivity index (χ3v) is 1.99. The Morgan fingerprint density at radius 2 is 2.33 bits per heavy atom. The number of nitrogens with one attached hydrogen (secondary N) is 1. The third-order valence-electron chi connectivity index (χ3n) is 1.99. The van der Waals surface area contributed by atoms with Crippen LogP contribution in [0.15, 0.2) is 0 Å². The molecule has 1 aliphatic rings. The molecule has 1 N–H and O–H groups in total. The first-order chi connectivity index (χ1) is 6.61. The van der Waals surface area contributed by atoms with E-state index in [1.807, 2.05) is 0 Å². The van der Waals surface area contributed by atoms with E-state index in [1.54, 1.807) is 0 Å². The Morgan fingerprint density at radius 1 is 1.67 bits per heavy atom. The zero-order valence-corrected chi connectivity index (χ0v) is 9.23. The second kappa shape index (κ2) is 6.92. The number of nitrogens with zero attached hydrogens (tertiary/aromatic N) is 1. The molecular formula is C8H15ClF2N2O2. The Hall–Kier alpha value is -0.460. The van der Waals surface area contributed by atoms with Crippen molar-refractivity contribution in [2.45, 2.75) is 12.5 Å². The molecule has 0 aromatic heterocycles. The molecule has 1 heterocycles. The maximum atomic E-state index is 12.0. The van der Waals surface area contributed by atoms with E-state index in [0.29, 0.717) is 19.7 Å². The number of rotatable bonds is 3. The first-order valence-electron chi connectivity index (χ1n) is 4.46. The number of halogens is 3. The van der Waals surface area contributed by atoms with Crippen LogP contribution in [-0.4, -0.2) is 56.6 Å². The molecule has 0 aliphatic carbocycles. The van der Waals surface area contributed by atoms with Crippen LogP contribution in [0.1, 0.15) is 0 Å². The van der Waals surface area contributed by atoms with Gasteiger partial charge in [-0.25, -0.2) is 8.78 Å². The van der Waals surface area contributed by atoms with E-state index in [1.165, 1.54) is 7.05 Å². The molecule has 1 aliphatic heterocycles. The summed E-state index contributed by atoms with van der Waals surface area (Å²) in [5.74, 6) is -0.391. The maximum absolute atomic E-state index is 12.0. The number of likely N-dealkylation sites (N-methyl/N-ethyl adjacent to an activating group) is 1. The van der Waals surface area contributed by atoms with Crippen molar-refractivity contribution < 1.29 is 18.3 Å². The molecule has 0 spiro atoms. The van der Waals surface area contributed by atoms with Gasteiger partial charge >= 0.3 is 0 Å². The van der Waals surface area contributed by atoms with Crippen molar-refractivity contribution in [3.05, 3.63) is 0 Å². The van der Waals surface area contributed by atoms with E-state index in [-0.39, 0.29) is 12.4 Å². The zero-order valence-electron chi connectivity index (χ0n) is 8.41. The minimum absolute atomic E-state index is 0. The predicted molar refractivity (Wildman–Crippen MR) is 53.5 cm³/mol. The van der Waals surface area contributed by atoms with Crippen LogP contribution in [0, 0.1) is 0 Å². The molecule has 4 nitrogen and oxygen atoms in total. The highest BCUT2D eigenvalue weighted by Gasteiger charge is 2.25. The number of morpholine rings is 1. The summed E-state index contributed by atoms with van der Waals surface area (Å²) in [7, 11) is 1.35. The van der Waals surface area contributed by atoms with Crippen molar-refractivity contribution in [2.75, 3.05) is 33.3 Å². The van der Waals surface area contributed by atoms with Crippen molar-refractivity contribution in [3.8, 4) is 0 Å². The predicted octanol–water partition coefficient (Wildman–Crippen LogP) is 0.120. The molecule has 7 heteroatoms. The van der Waals surface area contributed by atoms with E-state index in [9.17, 15) is 13.6 Å². The van der Waals surface area contributed by atoms with E-state index < -0.39 is 25.0 Å². The summed E-state index contributed by atoms with van der Waals surface area (Å²) in [6.45, 7) is 0.992. The van der Waals surface area contributed by atoms with E-state index in [4.69, 9.17) is 4.74 Å². The number of carbonyl (C=O) groups is 1. The van der Waals surface area contributed by atoms with Gasteiger partial charge in [0.1, 0.15) is 6.10 Å². The Kier molecular flexibility index (Phi) is 6.71. The highest BCUT2D eigenvalue weighted by molar-refractivity contribution is 5.85. The van der Waals surface area contributed by atoms with Crippen LogP contribution in [0.5, 0.6) is 0 Å². The van der Waals surface area contributed by atoms with Gasteiger partial charge in [0.15, 0.2) is 0 Å². The molecule has 0 bridgehead atoms. The second-order valence-corrected chi connectivity index (χ2v) is 3.17. The lowest BCUT2D eigenvalue weighted by Crippen LogP contribution is -2.49. The van der Waals surface area contributed by atoms with Crippen LogP contribution in [0.4, 0.5) is 8.78 Å². The molecular weight excluding hydrogens is 230 g/mol.